The molecule has 0 saturated heterocycles. The molecular formula is C20H18ClN5OS. The van der Waals surface area contributed by atoms with Gasteiger partial charge in [-0.2, -0.15) is 0 Å². The van der Waals surface area contributed by atoms with Crippen molar-refractivity contribution in [3.63, 3.8) is 0 Å². The number of rotatable bonds is 5. The van der Waals surface area contributed by atoms with Crippen molar-refractivity contribution in [3.05, 3.63) is 64.9 Å². The van der Waals surface area contributed by atoms with E-state index >= 15 is 0 Å². The molecule has 0 aliphatic carbocycles. The normalized spacial score (nSPS) is 11.0. The number of carbonyl (C=O) groups is 1. The summed E-state index contributed by atoms with van der Waals surface area (Å²) in [5.41, 5.74) is 4.55. The van der Waals surface area contributed by atoms with E-state index in [0.717, 1.165) is 22.4 Å². The van der Waals surface area contributed by atoms with Crippen LogP contribution in [0.4, 0.5) is 16.5 Å². The molecule has 6 nitrogen and oxygen atoms in total. The number of hydrogen-bond acceptors (Lipinski definition) is 5. The number of fused-ring (bicyclic) bond motifs is 1. The minimum atomic E-state index is -0.114. The highest BCUT2D eigenvalue weighted by atomic mass is 35.5. The Hall–Kier alpha value is -2.90. The summed E-state index contributed by atoms with van der Waals surface area (Å²) in [6.45, 7) is 2.07. The van der Waals surface area contributed by atoms with E-state index in [-0.39, 0.29) is 5.91 Å². The number of aryl methyl sites for hydroxylation is 1. The molecule has 142 valence electrons. The van der Waals surface area contributed by atoms with Crippen molar-refractivity contribution in [3.8, 4) is 0 Å². The van der Waals surface area contributed by atoms with Crippen molar-refractivity contribution in [1.82, 2.24) is 14.5 Å². The summed E-state index contributed by atoms with van der Waals surface area (Å²) in [4.78, 5) is 22.8. The highest BCUT2D eigenvalue weighted by Crippen LogP contribution is 2.30. The first-order valence-electron chi connectivity index (χ1n) is 8.67. The monoisotopic (exact) mass is 411 g/mol. The Morgan fingerprint density at radius 3 is 2.93 bits per heavy atom. The number of halogens is 1. The molecule has 0 atom stereocenters. The van der Waals surface area contributed by atoms with Gasteiger partial charge in [0.05, 0.1) is 35.3 Å². The maximum Gasteiger partial charge on any atom is 0.230 e. The van der Waals surface area contributed by atoms with E-state index in [4.69, 9.17) is 11.6 Å². The first kappa shape index (κ1) is 18.5. The van der Waals surface area contributed by atoms with E-state index in [9.17, 15) is 4.79 Å². The van der Waals surface area contributed by atoms with Gasteiger partial charge in [-0.05, 0) is 36.4 Å². The van der Waals surface area contributed by atoms with Crippen LogP contribution < -0.4 is 10.2 Å². The Bertz CT molecular complexity index is 1150. The zero-order chi connectivity index (χ0) is 19.7. The van der Waals surface area contributed by atoms with Crippen LogP contribution in [0.3, 0.4) is 0 Å². The topological polar surface area (TPSA) is 63.1 Å². The molecule has 1 amide bonds. The molecular weight excluding hydrogens is 394 g/mol. The smallest absolute Gasteiger partial charge is 0.230 e. The maximum atomic E-state index is 12.2. The average molecular weight is 412 g/mol. The second kappa shape index (κ2) is 7.61. The van der Waals surface area contributed by atoms with Gasteiger partial charge in [0.15, 0.2) is 5.13 Å². The minimum absolute atomic E-state index is 0.114. The summed E-state index contributed by atoms with van der Waals surface area (Å²) in [6, 6.07) is 13.3. The van der Waals surface area contributed by atoms with Gasteiger partial charge in [-0.3, -0.25) is 9.69 Å². The predicted octanol–water partition coefficient (Wildman–Crippen LogP) is 4.98. The number of anilines is 3. The molecule has 0 aliphatic rings. The zero-order valence-corrected chi connectivity index (χ0v) is 17.0. The number of nitrogens with one attached hydrogen (secondary N) is 1. The van der Waals surface area contributed by atoms with Crippen LogP contribution in [0.1, 0.15) is 12.6 Å². The maximum absolute atomic E-state index is 12.2. The van der Waals surface area contributed by atoms with Crippen molar-refractivity contribution in [2.45, 2.75) is 13.5 Å². The lowest BCUT2D eigenvalue weighted by Gasteiger charge is -2.18. The summed E-state index contributed by atoms with van der Waals surface area (Å²) in [5.74, 6) is -0.114. The Morgan fingerprint density at radius 2 is 2.14 bits per heavy atom. The van der Waals surface area contributed by atoms with Crippen LogP contribution in [0, 0.1) is 0 Å². The van der Waals surface area contributed by atoms with E-state index in [1.165, 1.54) is 18.3 Å². The Balaban J connectivity index is 1.51. The van der Waals surface area contributed by atoms with Crippen LogP contribution in [0.25, 0.3) is 11.0 Å². The summed E-state index contributed by atoms with van der Waals surface area (Å²) in [5, 5.41) is 6.50. The first-order valence-corrected chi connectivity index (χ1v) is 9.92. The van der Waals surface area contributed by atoms with Crippen molar-refractivity contribution < 1.29 is 4.79 Å². The third kappa shape index (κ3) is 3.72. The molecule has 28 heavy (non-hydrogen) atoms. The number of nitrogens with zero attached hydrogens (tertiary/aromatic N) is 4. The standard InChI is InChI=1S/C20H18ClN5OS/c1-13(27)26(17-5-3-4-14(21)8-17)20-24-16(11-28-20)10-22-15-6-7-19-18(9-15)23-12-25(19)2/h3-9,11-12,22H,10H2,1-2H3. The molecule has 2 aromatic heterocycles. The quantitative estimate of drug-likeness (QED) is 0.503. The van der Waals surface area contributed by atoms with Gasteiger partial charge in [-0.15, -0.1) is 11.3 Å². The fourth-order valence-corrected chi connectivity index (χ4v) is 4.03. The minimum Gasteiger partial charge on any atom is -0.379 e. The molecule has 0 bridgehead atoms. The predicted molar refractivity (Wildman–Crippen MR) is 114 cm³/mol. The van der Waals surface area contributed by atoms with Gasteiger partial charge in [-0.1, -0.05) is 17.7 Å². The molecule has 8 heteroatoms. The fourth-order valence-electron chi connectivity index (χ4n) is 2.96. The molecule has 0 fully saturated rings. The fraction of sp³-hybridized carbons (Fsp3) is 0.150. The molecule has 0 aliphatic heterocycles. The lowest BCUT2D eigenvalue weighted by molar-refractivity contribution is -0.115. The van der Waals surface area contributed by atoms with E-state index in [0.29, 0.717) is 22.4 Å². The van der Waals surface area contributed by atoms with Gasteiger partial charge in [0.2, 0.25) is 5.91 Å². The second-order valence-corrected chi connectivity index (χ2v) is 7.64. The number of amides is 1. The Morgan fingerprint density at radius 1 is 1.29 bits per heavy atom. The van der Waals surface area contributed by atoms with Crippen LogP contribution in [0.2, 0.25) is 5.02 Å². The highest BCUT2D eigenvalue weighted by Gasteiger charge is 2.18. The number of aromatic nitrogens is 3. The highest BCUT2D eigenvalue weighted by molar-refractivity contribution is 7.14. The SMILES string of the molecule is CC(=O)N(c1cccc(Cl)c1)c1nc(CNc2ccc3c(c2)ncn3C)cs1. The van der Waals surface area contributed by atoms with Gasteiger partial charge in [0.25, 0.3) is 0 Å². The largest absolute Gasteiger partial charge is 0.379 e. The number of hydrogen-bond donors (Lipinski definition) is 1. The van der Waals surface area contributed by atoms with Gasteiger partial charge in [0, 0.05) is 30.1 Å². The van der Waals surface area contributed by atoms with Gasteiger partial charge < -0.3 is 9.88 Å². The van der Waals surface area contributed by atoms with Crippen molar-refractivity contribution in [2.24, 2.45) is 7.05 Å². The molecule has 2 aromatic carbocycles. The number of carbonyl (C=O) groups excluding carboxylic acids is 1. The van der Waals surface area contributed by atoms with Crippen LogP contribution in [-0.2, 0) is 18.4 Å². The van der Waals surface area contributed by atoms with Crippen LogP contribution in [0.5, 0.6) is 0 Å². The van der Waals surface area contributed by atoms with Gasteiger partial charge in [0.1, 0.15) is 0 Å². The molecule has 4 aromatic rings. The van der Waals surface area contributed by atoms with Crippen molar-refractivity contribution >= 4 is 56.4 Å². The van der Waals surface area contributed by atoms with E-state index in [2.05, 4.69) is 15.3 Å². The first-order chi connectivity index (χ1) is 13.5. The van der Waals surface area contributed by atoms with E-state index < -0.39 is 0 Å². The average Bonchev–Trinajstić information content (AvgIpc) is 3.27. The van der Waals surface area contributed by atoms with Crippen LogP contribution >= 0.6 is 22.9 Å². The lowest BCUT2D eigenvalue weighted by atomic mass is 10.2. The number of imidazole rings is 1. The Labute approximate surface area is 171 Å². The zero-order valence-electron chi connectivity index (χ0n) is 15.4. The van der Waals surface area contributed by atoms with Crippen molar-refractivity contribution in [1.29, 1.82) is 0 Å². The third-order valence-corrected chi connectivity index (χ3v) is 5.42. The molecule has 0 saturated carbocycles. The molecule has 4 rings (SSSR count). The van der Waals surface area contributed by atoms with Crippen LogP contribution in [-0.4, -0.2) is 20.4 Å². The van der Waals surface area contributed by atoms with Gasteiger partial charge >= 0.3 is 0 Å². The Kier molecular flexibility index (Phi) is 5.02. The number of benzene rings is 2. The van der Waals surface area contributed by atoms with Crippen LogP contribution in [0.15, 0.2) is 54.2 Å². The molecule has 2 heterocycles. The summed E-state index contributed by atoms with van der Waals surface area (Å²) in [7, 11) is 1.97. The molecule has 1 N–H and O–H groups in total. The summed E-state index contributed by atoms with van der Waals surface area (Å²) in [6.07, 6.45) is 1.80. The number of thiazole rings is 1. The van der Waals surface area contributed by atoms with E-state index in [1.807, 2.05) is 47.3 Å². The molecule has 0 spiro atoms. The summed E-state index contributed by atoms with van der Waals surface area (Å²) >= 11 is 7.50. The lowest BCUT2D eigenvalue weighted by Crippen LogP contribution is -2.22. The molecule has 0 unspecified atom stereocenters. The van der Waals surface area contributed by atoms with Gasteiger partial charge in [-0.25, -0.2) is 9.97 Å². The third-order valence-electron chi connectivity index (χ3n) is 4.31. The van der Waals surface area contributed by atoms with E-state index in [1.54, 1.807) is 23.4 Å². The molecule has 0 radical (unpaired) electrons. The van der Waals surface area contributed by atoms with Crippen molar-refractivity contribution in [2.75, 3.05) is 10.2 Å². The summed E-state index contributed by atoms with van der Waals surface area (Å²) < 4.78 is 1.98. The second-order valence-electron chi connectivity index (χ2n) is 6.37.